The van der Waals surface area contributed by atoms with Gasteiger partial charge in [0.15, 0.2) is 0 Å². The zero-order valence-corrected chi connectivity index (χ0v) is 11.4. The zero-order chi connectivity index (χ0) is 15.2. The van der Waals surface area contributed by atoms with Crippen molar-refractivity contribution in [2.24, 2.45) is 0 Å². The fraction of sp³-hybridized carbons (Fsp3) is 0.0625. The molecule has 0 amide bonds. The summed E-state index contributed by atoms with van der Waals surface area (Å²) in [5.74, 6) is -0.446. The summed E-state index contributed by atoms with van der Waals surface area (Å²) in [7, 11) is 0. The van der Waals surface area contributed by atoms with Crippen LogP contribution in [-0.2, 0) is 4.79 Å². The molecule has 106 valence electrons. The van der Waals surface area contributed by atoms with Gasteiger partial charge >= 0.3 is 5.97 Å². The molecule has 0 aromatic heterocycles. The molecule has 0 atom stereocenters. The van der Waals surface area contributed by atoms with Crippen molar-refractivity contribution < 1.29 is 14.5 Å². The highest BCUT2D eigenvalue weighted by Crippen LogP contribution is 2.19. The first kappa shape index (κ1) is 14.5. The number of nitrogens with zero attached hydrogens (tertiary/aromatic N) is 1. The van der Waals surface area contributed by atoms with Crippen LogP contribution >= 0.6 is 0 Å². The lowest BCUT2D eigenvalue weighted by molar-refractivity contribution is -0.384. The minimum Gasteiger partial charge on any atom is -0.423 e. The van der Waals surface area contributed by atoms with Gasteiger partial charge in [0.05, 0.1) is 11.0 Å². The van der Waals surface area contributed by atoms with Crippen LogP contribution < -0.4 is 4.74 Å². The van der Waals surface area contributed by atoms with Gasteiger partial charge < -0.3 is 4.74 Å². The summed E-state index contributed by atoms with van der Waals surface area (Å²) in [6, 6.07) is 13.1. The first-order valence-corrected chi connectivity index (χ1v) is 6.25. The number of ether oxygens (including phenoxy) is 1. The second kappa shape index (κ2) is 6.47. The number of hydrogen-bond acceptors (Lipinski definition) is 4. The maximum Gasteiger partial charge on any atom is 0.336 e. The monoisotopic (exact) mass is 283 g/mol. The van der Waals surface area contributed by atoms with E-state index in [2.05, 4.69) is 0 Å². The summed E-state index contributed by atoms with van der Waals surface area (Å²) in [5, 5.41) is 10.6. The van der Waals surface area contributed by atoms with Crippen molar-refractivity contribution in [3.05, 3.63) is 75.8 Å². The fourth-order valence-electron chi connectivity index (χ4n) is 1.65. The van der Waals surface area contributed by atoms with Crippen molar-refractivity contribution in [3.8, 4) is 5.75 Å². The lowest BCUT2D eigenvalue weighted by atomic mass is 10.1. The number of esters is 1. The van der Waals surface area contributed by atoms with Gasteiger partial charge in [0.2, 0.25) is 0 Å². The Morgan fingerprint density at radius 3 is 2.57 bits per heavy atom. The third-order valence-corrected chi connectivity index (χ3v) is 2.74. The molecular weight excluding hydrogens is 270 g/mol. The van der Waals surface area contributed by atoms with E-state index in [1.807, 2.05) is 31.2 Å². The van der Waals surface area contributed by atoms with Crippen LogP contribution in [0, 0.1) is 17.0 Å². The van der Waals surface area contributed by atoms with E-state index in [1.54, 1.807) is 6.08 Å². The van der Waals surface area contributed by atoms with Crippen molar-refractivity contribution in [1.29, 1.82) is 0 Å². The average molecular weight is 283 g/mol. The fourth-order valence-corrected chi connectivity index (χ4v) is 1.65. The van der Waals surface area contributed by atoms with Crippen LogP contribution in [0.1, 0.15) is 11.1 Å². The quantitative estimate of drug-likeness (QED) is 0.283. The lowest BCUT2D eigenvalue weighted by Gasteiger charge is -2.00. The summed E-state index contributed by atoms with van der Waals surface area (Å²) >= 11 is 0. The minimum atomic E-state index is -0.587. The van der Waals surface area contributed by atoms with Crippen molar-refractivity contribution >= 4 is 17.7 Å². The van der Waals surface area contributed by atoms with Crippen molar-refractivity contribution in [3.63, 3.8) is 0 Å². The largest absolute Gasteiger partial charge is 0.423 e. The lowest BCUT2D eigenvalue weighted by Crippen LogP contribution is -2.03. The maximum absolute atomic E-state index is 11.7. The normalized spacial score (nSPS) is 10.5. The standard InChI is InChI=1S/C16H13NO4/c1-12-5-7-13(8-6-12)9-10-16(18)21-15-4-2-3-14(11-15)17(19)20/h2-11H,1H3. The van der Waals surface area contributed by atoms with Crippen LogP contribution in [0.2, 0.25) is 0 Å². The second-order valence-electron chi connectivity index (χ2n) is 4.42. The Hall–Kier alpha value is -2.95. The number of carbonyl (C=O) groups is 1. The SMILES string of the molecule is Cc1ccc(C=CC(=O)Oc2cccc([N+](=O)[O-])c2)cc1. The number of non-ortho nitro benzene ring substituents is 1. The minimum absolute atomic E-state index is 0.122. The summed E-state index contributed by atoms with van der Waals surface area (Å²) in [4.78, 5) is 21.7. The van der Waals surface area contributed by atoms with E-state index < -0.39 is 10.9 Å². The number of rotatable bonds is 4. The molecule has 5 heteroatoms. The van der Waals surface area contributed by atoms with Gasteiger partial charge in [-0.1, -0.05) is 35.9 Å². The van der Waals surface area contributed by atoms with Crippen LogP contribution in [0.25, 0.3) is 6.08 Å². The summed E-state index contributed by atoms with van der Waals surface area (Å²) in [6.45, 7) is 1.98. The van der Waals surface area contributed by atoms with Gasteiger partial charge in [0.1, 0.15) is 5.75 Å². The van der Waals surface area contributed by atoms with E-state index in [9.17, 15) is 14.9 Å². The Labute approximate surface area is 121 Å². The Kier molecular flexibility index (Phi) is 4.46. The predicted molar refractivity (Wildman–Crippen MR) is 78.9 cm³/mol. The van der Waals surface area contributed by atoms with E-state index in [4.69, 9.17) is 4.74 Å². The second-order valence-corrected chi connectivity index (χ2v) is 4.42. The van der Waals surface area contributed by atoms with E-state index in [-0.39, 0.29) is 11.4 Å². The number of nitro benzene ring substituents is 1. The van der Waals surface area contributed by atoms with Crippen LogP contribution in [0.5, 0.6) is 5.75 Å². The highest BCUT2D eigenvalue weighted by molar-refractivity contribution is 5.88. The van der Waals surface area contributed by atoms with Gasteiger partial charge in [0, 0.05) is 12.1 Å². The molecular formula is C16H13NO4. The van der Waals surface area contributed by atoms with Gasteiger partial charge in [-0.05, 0) is 24.6 Å². The highest BCUT2D eigenvalue weighted by atomic mass is 16.6. The molecule has 0 aliphatic carbocycles. The van der Waals surface area contributed by atoms with Gasteiger partial charge in [-0.25, -0.2) is 4.79 Å². The number of carbonyl (C=O) groups excluding carboxylic acids is 1. The Balaban J connectivity index is 2.03. The smallest absolute Gasteiger partial charge is 0.336 e. The molecule has 0 unspecified atom stereocenters. The molecule has 2 aromatic carbocycles. The van der Waals surface area contributed by atoms with Gasteiger partial charge in [-0.2, -0.15) is 0 Å². The Morgan fingerprint density at radius 2 is 1.90 bits per heavy atom. The third-order valence-electron chi connectivity index (χ3n) is 2.74. The van der Waals surface area contributed by atoms with Crippen LogP contribution in [-0.4, -0.2) is 10.9 Å². The average Bonchev–Trinajstić information content (AvgIpc) is 2.47. The molecule has 0 N–H and O–H groups in total. The molecule has 0 spiro atoms. The molecule has 0 fully saturated rings. The summed E-state index contributed by atoms with van der Waals surface area (Å²) < 4.78 is 5.02. The summed E-state index contributed by atoms with van der Waals surface area (Å²) in [6.07, 6.45) is 2.91. The third kappa shape index (κ3) is 4.28. The van der Waals surface area contributed by atoms with Gasteiger partial charge in [0.25, 0.3) is 5.69 Å². The van der Waals surface area contributed by atoms with E-state index >= 15 is 0 Å². The molecule has 0 saturated carbocycles. The van der Waals surface area contributed by atoms with E-state index in [0.717, 1.165) is 11.1 Å². The first-order valence-electron chi connectivity index (χ1n) is 6.25. The molecule has 2 aromatic rings. The maximum atomic E-state index is 11.7. The molecule has 2 rings (SSSR count). The highest BCUT2D eigenvalue weighted by Gasteiger charge is 2.08. The topological polar surface area (TPSA) is 69.4 Å². The number of nitro groups is 1. The molecule has 0 aliphatic rings. The molecule has 0 aliphatic heterocycles. The summed E-state index contributed by atoms with van der Waals surface area (Å²) in [5.41, 5.74) is 1.88. The number of benzene rings is 2. The zero-order valence-electron chi connectivity index (χ0n) is 11.4. The predicted octanol–water partition coefficient (Wildman–Crippen LogP) is 3.52. The van der Waals surface area contributed by atoms with Crippen molar-refractivity contribution in [2.75, 3.05) is 0 Å². The molecule has 0 saturated heterocycles. The molecule has 21 heavy (non-hydrogen) atoms. The van der Waals surface area contributed by atoms with Crippen LogP contribution in [0.15, 0.2) is 54.6 Å². The molecule has 0 radical (unpaired) electrons. The van der Waals surface area contributed by atoms with Gasteiger partial charge in [-0.15, -0.1) is 0 Å². The van der Waals surface area contributed by atoms with Gasteiger partial charge in [-0.3, -0.25) is 10.1 Å². The number of hydrogen-bond donors (Lipinski definition) is 0. The first-order chi connectivity index (χ1) is 10.0. The molecule has 0 heterocycles. The van der Waals surface area contributed by atoms with Crippen LogP contribution in [0.4, 0.5) is 5.69 Å². The van der Waals surface area contributed by atoms with Crippen LogP contribution in [0.3, 0.4) is 0 Å². The van der Waals surface area contributed by atoms with E-state index in [1.165, 1.54) is 30.3 Å². The van der Waals surface area contributed by atoms with Crippen molar-refractivity contribution in [2.45, 2.75) is 6.92 Å². The number of aryl methyl sites for hydroxylation is 1. The molecule has 0 bridgehead atoms. The Morgan fingerprint density at radius 1 is 1.19 bits per heavy atom. The Bertz CT molecular complexity index is 690. The molecule has 5 nitrogen and oxygen atoms in total. The van der Waals surface area contributed by atoms with E-state index in [0.29, 0.717) is 0 Å². The van der Waals surface area contributed by atoms with Crippen molar-refractivity contribution in [1.82, 2.24) is 0 Å².